The molecule has 0 saturated carbocycles. The topological polar surface area (TPSA) is 61.4 Å². The lowest BCUT2D eigenvalue weighted by atomic mass is 9.92. The number of carbonyl (C=O) groups excluding carboxylic acids is 2. The molecule has 1 aromatic rings. The fourth-order valence-corrected chi connectivity index (χ4v) is 3.06. The molecular formula is C18H28ClN3O2. The maximum absolute atomic E-state index is 12.6. The van der Waals surface area contributed by atoms with Crippen molar-refractivity contribution in [3.63, 3.8) is 0 Å². The molecule has 1 aromatic carbocycles. The largest absolute Gasteiger partial charge is 0.339 e. The summed E-state index contributed by atoms with van der Waals surface area (Å²) in [4.78, 5) is 26.9. The molecule has 2 atom stereocenters. The highest BCUT2D eigenvalue weighted by molar-refractivity contribution is 6.04. The van der Waals surface area contributed by atoms with Crippen LogP contribution in [0, 0.1) is 5.92 Å². The molecule has 1 aliphatic heterocycles. The van der Waals surface area contributed by atoms with Crippen LogP contribution in [0.4, 0.5) is 5.69 Å². The fraction of sp³-hybridized carbons (Fsp3) is 0.556. The van der Waals surface area contributed by atoms with E-state index in [4.69, 9.17) is 0 Å². The summed E-state index contributed by atoms with van der Waals surface area (Å²) in [5.74, 6) is -0.0226. The lowest BCUT2D eigenvalue weighted by Crippen LogP contribution is -2.40. The van der Waals surface area contributed by atoms with Gasteiger partial charge in [-0.2, -0.15) is 0 Å². The number of hydrogen-bond acceptors (Lipinski definition) is 3. The van der Waals surface area contributed by atoms with Gasteiger partial charge in [0.1, 0.15) is 0 Å². The predicted molar refractivity (Wildman–Crippen MR) is 99.8 cm³/mol. The Morgan fingerprint density at radius 2 is 1.92 bits per heavy atom. The Morgan fingerprint density at radius 1 is 1.25 bits per heavy atom. The van der Waals surface area contributed by atoms with Gasteiger partial charge in [0.2, 0.25) is 5.91 Å². The van der Waals surface area contributed by atoms with Crippen LogP contribution in [0.25, 0.3) is 0 Å². The summed E-state index contributed by atoms with van der Waals surface area (Å²) in [6.45, 7) is 8.18. The number of anilines is 1. The molecule has 1 fully saturated rings. The molecular weight excluding hydrogens is 326 g/mol. The van der Waals surface area contributed by atoms with E-state index in [0.29, 0.717) is 30.4 Å². The molecule has 0 aliphatic carbocycles. The molecule has 0 bridgehead atoms. The summed E-state index contributed by atoms with van der Waals surface area (Å²) in [6.07, 6.45) is 1.67. The van der Waals surface area contributed by atoms with Crippen LogP contribution in [0.3, 0.4) is 0 Å². The van der Waals surface area contributed by atoms with Gasteiger partial charge in [0.25, 0.3) is 5.91 Å². The first-order valence-electron chi connectivity index (χ1n) is 8.49. The Balaban J connectivity index is 0.00000288. The van der Waals surface area contributed by atoms with Gasteiger partial charge in [0.15, 0.2) is 0 Å². The number of piperidine rings is 1. The van der Waals surface area contributed by atoms with Crippen LogP contribution in [0.1, 0.15) is 44.0 Å². The summed E-state index contributed by atoms with van der Waals surface area (Å²) in [5.41, 5.74) is 1.17. The molecule has 2 rings (SSSR count). The normalized spacial score (nSPS) is 20.0. The monoisotopic (exact) mass is 353 g/mol. The molecule has 5 nitrogen and oxygen atoms in total. The first-order valence-corrected chi connectivity index (χ1v) is 8.49. The van der Waals surface area contributed by atoms with Crippen molar-refractivity contribution in [2.75, 3.05) is 25.0 Å². The number of nitrogens with zero attached hydrogens (tertiary/aromatic N) is 1. The number of carbonyl (C=O) groups is 2. The first-order chi connectivity index (χ1) is 11.1. The number of hydrogen-bond donors (Lipinski definition) is 2. The molecule has 2 amide bonds. The average molecular weight is 354 g/mol. The third-order valence-corrected chi connectivity index (χ3v) is 4.46. The van der Waals surface area contributed by atoms with Gasteiger partial charge in [-0.3, -0.25) is 9.59 Å². The van der Waals surface area contributed by atoms with Crippen molar-refractivity contribution in [2.45, 2.75) is 39.7 Å². The van der Waals surface area contributed by atoms with E-state index >= 15 is 0 Å². The van der Waals surface area contributed by atoms with E-state index in [1.807, 2.05) is 26.0 Å². The number of nitrogens with one attached hydrogen (secondary N) is 2. The molecule has 1 heterocycles. The Hall–Kier alpha value is -1.59. The van der Waals surface area contributed by atoms with Gasteiger partial charge >= 0.3 is 0 Å². The second-order valence-electron chi connectivity index (χ2n) is 6.09. The zero-order valence-corrected chi connectivity index (χ0v) is 15.5. The van der Waals surface area contributed by atoms with Gasteiger partial charge in [0, 0.05) is 25.0 Å². The minimum atomic E-state index is -0.0374. The smallest absolute Gasteiger partial charge is 0.255 e. The summed E-state index contributed by atoms with van der Waals surface area (Å²) >= 11 is 0. The summed E-state index contributed by atoms with van der Waals surface area (Å²) in [6, 6.07) is 7.62. The summed E-state index contributed by atoms with van der Waals surface area (Å²) in [5, 5.41) is 6.32. The van der Waals surface area contributed by atoms with Gasteiger partial charge < -0.3 is 15.5 Å². The molecule has 1 saturated heterocycles. The van der Waals surface area contributed by atoms with Crippen LogP contribution >= 0.6 is 12.4 Å². The Labute approximate surface area is 150 Å². The van der Waals surface area contributed by atoms with Crippen molar-refractivity contribution in [2.24, 2.45) is 5.92 Å². The standard InChI is InChI=1S/C18H27N3O2.ClH/c1-4-21(5-2)18(23)15-8-6-7-9-16(15)20-17(22)14-10-11-19-13(3)12-14;/h6-9,13-14,19H,4-5,10-12H2,1-3H3,(H,20,22);1H/t13-,14-;/m0./s1. The number of amides is 2. The van der Waals surface area contributed by atoms with Gasteiger partial charge in [-0.05, 0) is 52.3 Å². The van der Waals surface area contributed by atoms with E-state index in [0.717, 1.165) is 19.4 Å². The number of para-hydroxylation sites is 1. The predicted octanol–water partition coefficient (Wildman–Crippen LogP) is 2.92. The van der Waals surface area contributed by atoms with Crippen molar-refractivity contribution in [3.05, 3.63) is 29.8 Å². The van der Waals surface area contributed by atoms with Crippen molar-refractivity contribution >= 4 is 29.9 Å². The van der Waals surface area contributed by atoms with Crippen molar-refractivity contribution in [1.82, 2.24) is 10.2 Å². The summed E-state index contributed by atoms with van der Waals surface area (Å²) < 4.78 is 0. The van der Waals surface area contributed by atoms with E-state index in [1.54, 1.807) is 17.0 Å². The molecule has 0 spiro atoms. The SMILES string of the molecule is CCN(CC)C(=O)c1ccccc1NC(=O)[C@H]1CCN[C@@H](C)C1.Cl. The maximum Gasteiger partial charge on any atom is 0.255 e. The molecule has 0 aromatic heterocycles. The van der Waals surface area contributed by atoms with Crippen molar-refractivity contribution in [3.8, 4) is 0 Å². The molecule has 24 heavy (non-hydrogen) atoms. The Bertz CT molecular complexity index is 561. The quantitative estimate of drug-likeness (QED) is 0.855. The van der Waals surface area contributed by atoms with Gasteiger partial charge in [-0.25, -0.2) is 0 Å². The third kappa shape index (κ3) is 4.95. The molecule has 134 valence electrons. The van der Waals surface area contributed by atoms with Gasteiger partial charge in [0.05, 0.1) is 11.3 Å². The van der Waals surface area contributed by atoms with Crippen LogP contribution in [0.5, 0.6) is 0 Å². The lowest BCUT2D eigenvalue weighted by Gasteiger charge is -2.27. The minimum Gasteiger partial charge on any atom is -0.339 e. The minimum absolute atomic E-state index is 0. The van der Waals surface area contributed by atoms with Crippen LogP contribution in [0.2, 0.25) is 0 Å². The number of rotatable bonds is 5. The Morgan fingerprint density at radius 3 is 2.54 bits per heavy atom. The van der Waals surface area contributed by atoms with E-state index in [9.17, 15) is 9.59 Å². The van der Waals surface area contributed by atoms with Crippen molar-refractivity contribution < 1.29 is 9.59 Å². The molecule has 0 unspecified atom stereocenters. The zero-order chi connectivity index (χ0) is 16.8. The van der Waals surface area contributed by atoms with E-state index in [2.05, 4.69) is 17.6 Å². The highest BCUT2D eigenvalue weighted by Gasteiger charge is 2.26. The number of halogens is 1. The van der Waals surface area contributed by atoms with E-state index < -0.39 is 0 Å². The Kier molecular flexibility index (Phi) is 8.22. The zero-order valence-electron chi connectivity index (χ0n) is 14.7. The second kappa shape index (κ2) is 9.64. The lowest BCUT2D eigenvalue weighted by molar-refractivity contribution is -0.120. The molecule has 6 heteroatoms. The van der Waals surface area contributed by atoms with E-state index in [1.165, 1.54) is 0 Å². The molecule has 1 aliphatic rings. The third-order valence-electron chi connectivity index (χ3n) is 4.46. The van der Waals surface area contributed by atoms with Crippen molar-refractivity contribution in [1.29, 1.82) is 0 Å². The van der Waals surface area contributed by atoms with Crippen LogP contribution < -0.4 is 10.6 Å². The average Bonchev–Trinajstić information content (AvgIpc) is 2.56. The van der Waals surface area contributed by atoms with Crippen LogP contribution in [-0.4, -0.2) is 42.4 Å². The fourth-order valence-electron chi connectivity index (χ4n) is 3.06. The first kappa shape index (κ1) is 20.5. The molecule has 2 N–H and O–H groups in total. The van der Waals surface area contributed by atoms with Gasteiger partial charge in [-0.15, -0.1) is 12.4 Å². The maximum atomic E-state index is 12.6. The van der Waals surface area contributed by atoms with Gasteiger partial charge in [-0.1, -0.05) is 12.1 Å². The van der Waals surface area contributed by atoms with E-state index in [-0.39, 0.29) is 30.1 Å². The summed E-state index contributed by atoms with van der Waals surface area (Å²) in [7, 11) is 0. The highest BCUT2D eigenvalue weighted by atomic mass is 35.5. The second-order valence-corrected chi connectivity index (χ2v) is 6.09. The highest BCUT2D eigenvalue weighted by Crippen LogP contribution is 2.22. The number of benzene rings is 1. The molecule has 0 radical (unpaired) electrons. The van der Waals surface area contributed by atoms with Crippen LogP contribution in [-0.2, 0) is 4.79 Å². The van der Waals surface area contributed by atoms with Crippen LogP contribution in [0.15, 0.2) is 24.3 Å².